The van der Waals surface area contributed by atoms with E-state index in [-0.39, 0.29) is 6.04 Å². The summed E-state index contributed by atoms with van der Waals surface area (Å²) in [4.78, 5) is 0. The van der Waals surface area contributed by atoms with Crippen LogP contribution in [0.1, 0.15) is 11.6 Å². The van der Waals surface area contributed by atoms with Crippen molar-refractivity contribution in [3.05, 3.63) is 89.7 Å². The van der Waals surface area contributed by atoms with Gasteiger partial charge in [-0.15, -0.1) is 6.58 Å². The van der Waals surface area contributed by atoms with Crippen LogP contribution >= 0.6 is 15.9 Å². The van der Waals surface area contributed by atoms with E-state index in [1.165, 1.54) is 16.7 Å². The van der Waals surface area contributed by atoms with Gasteiger partial charge in [-0.1, -0.05) is 60.7 Å². The lowest BCUT2D eigenvalue weighted by Crippen LogP contribution is -2.08. The Kier molecular flexibility index (Phi) is 4.02. The van der Waals surface area contributed by atoms with Crippen LogP contribution in [0.4, 0.5) is 0 Å². The molecule has 0 N–H and O–H groups in total. The molecule has 21 heavy (non-hydrogen) atoms. The van der Waals surface area contributed by atoms with Crippen LogP contribution in [0.25, 0.3) is 11.1 Å². The summed E-state index contributed by atoms with van der Waals surface area (Å²) in [6.45, 7) is 3.93. The third-order valence-corrected chi connectivity index (χ3v) is 3.85. The zero-order valence-corrected chi connectivity index (χ0v) is 13.1. The maximum Gasteiger partial charge on any atom is 0.0947 e. The van der Waals surface area contributed by atoms with Gasteiger partial charge in [-0.3, -0.25) is 4.68 Å². The van der Waals surface area contributed by atoms with Crippen molar-refractivity contribution in [1.82, 2.24) is 9.78 Å². The van der Waals surface area contributed by atoms with Crippen molar-refractivity contribution in [2.75, 3.05) is 0 Å². The lowest BCUT2D eigenvalue weighted by atomic mass is 10.0. The van der Waals surface area contributed by atoms with Gasteiger partial charge in [0.25, 0.3) is 0 Å². The molecular formula is C18H15BrN2. The smallest absolute Gasteiger partial charge is 0.0947 e. The Morgan fingerprint density at radius 1 is 1.00 bits per heavy atom. The number of hydrogen-bond acceptors (Lipinski definition) is 1. The summed E-state index contributed by atoms with van der Waals surface area (Å²) in [5, 5.41) is 4.34. The molecule has 3 aromatic rings. The molecule has 0 spiro atoms. The molecule has 2 aromatic carbocycles. The molecule has 3 heteroatoms. The van der Waals surface area contributed by atoms with Crippen molar-refractivity contribution in [3.8, 4) is 11.1 Å². The molecular weight excluding hydrogens is 324 g/mol. The van der Waals surface area contributed by atoms with Crippen LogP contribution < -0.4 is 0 Å². The number of aromatic nitrogens is 2. The van der Waals surface area contributed by atoms with Gasteiger partial charge in [0.1, 0.15) is 0 Å². The Balaban J connectivity index is 1.91. The molecule has 0 fully saturated rings. The third-order valence-electron chi connectivity index (χ3n) is 3.44. The summed E-state index contributed by atoms with van der Waals surface area (Å²) in [5.41, 5.74) is 3.60. The minimum atomic E-state index is 0.0427. The molecule has 0 saturated carbocycles. The van der Waals surface area contributed by atoms with Crippen LogP contribution in [0.2, 0.25) is 0 Å². The summed E-state index contributed by atoms with van der Waals surface area (Å²) in [5.74, 6) is 0. The van der Waals surface area contributed by atoms with Crippen LogP contribution in [0.5, 0.6) is 0 Å². The molecule has 0 unspecified atom stereocenters. The second-order valence-electron chi connectivity index (χ2n) is 4.81. The first-order chi connectivity index (χ1) is 10.3. The van der Waals surface area contributed by atoms with E-state index >= 15 is 0 Å². The number of rotatable bonds is 4. The van der Waals surface area contributed by atoms with Crippen molar-refractivity contribution < 1.29 is 0 Å². The van der Waals surface area contributed by atoms with Crippen molar-refractivity contribution in [2.24, 2.45) is 0 Å². The lowest BCUT2D eigenvalue weighted by molar-refractivity contribution is 0.612. The highest BCUT2D eigenvalue weighted by Gasteiger charge is 2.11. The quantitative estimate of drug-likeness (QED) is 0.606. The van der Waals surface area contributed by atoms with Gasteiger partial charge in [0.2, 0.25) is 0 Å². The molecule has 0 aliphatic rings. The summed E-state index contributed by atoms with van der Waals surface area (Å²) in [6, 6.07) is 18.9. The second-order valence-corrected chi connectivity index (χ2v) is 5.72. The van der Waals surface area contributed by atoms with Crippen LogP contribution in [0.3, 0.4) is 0 Å². The van der Waals surface area contributed by atoms with Crippen molar-refractivity contribution in [1.29, 1.82) is 0 Å². The van der Waals surface area contributed by atoms with E-state index in [1.54, 1.807) is 6.20 Å². The van der Waals surface area contributed by atoms with Gasteiger partial charge in [0.15, 0.2) is 0 Å². The normalized spacial score (nSPS) is 12.0. The summed E-state index contributed by atoms with van der Waals surface area (Å²) >= 11 is 3.43. The summed E-state index contributed by atoms with van der Waals surface area (Å²) in [7, 11) is 0. The summed E-state index contributed by atoms with van der Waals surface area (Å²) in [6.07, 6.45) is 5.64. The highest BCUT2D eigenvalue weighted by atomic mass is 79.9. The molecule has 0 aliphatic heterocycles. The molecule has 3 rings (SSSR count). The SMILES string of the molecule is C=C[C@H](c1ccc(-c2ccccc2)cc1)n1cc(Br)cn1. The molecule has 2 nitrogen and oxygen atoms in total. The standard InChI is InChI=1S/C18H15BrN2/c1-2-18(21-13-17(19)12-20-21)16-10-8-15(9-11-16)14-6-4-3-5-7-14/h2-13,18H,1H2/t18-/m1/s1. The van der Waals surface area contributed by atoms with Gasteiger partial charge in [0.05, 0.1) is 16.7 Å². The van der Waals surface area contributed by atoms with Gasteiger partial charge >= 0.3 is 0 Å². The molecule has 104 valence electrons. The zero-order chi connectivity index (χ0) is 14.7. The highest BCUT2D eigenvalue weighted by molar-refractivity contribution is 9.10. The Morgan fingerprint density at radius 3 is 2.24 bits per heavy atom. The monoisotopic (exact) mass is 338 g/mol. The largest absolute Gasteiger partial charge is 0.260 e. The van der Waals surface area contributed by atoms with E-state index in [0.717, 1.165) is 4.47 Å². The lowest BCUT2D eigenvalue weighted by Gasteiger charge is -2.14. The minimum Gasteiger partial charge on any atom is -0.260 e. The van der Waals surface area contributed by atoms with Gasteiger partial charge in [-0.05, 0) is 32.6 Å². The molecule has 1 atom stereocenters. The Bertz CT molecular complexity index is 729. The van der Waals surface area contributed by atoms with Crippen molar-refractivity contribution in [3.63, 3.8) is 0 Å². The topological polar surface area (TPSA) is 17.8 Å². The van der Waals surface area contributed by atoms with Gasteiger partial charge in [-0.2, -0.15) is 5.10 Å². The number of nitrogens with zero attached hydrogens (tertiary/aromatic N) is 2. The van der Waals surface area contributed by atoms with Crippen LogP contribution in [-0.4, -0.2) is 9.78 Å². The van der Waals surface area contributed by atoms with E-state index in [0.29, 0.717) is 0 Å². The van der Waals surface area contributed by atoms with Gasteiger partial charge in [-0.25, -0.2) is 0 Å². The number of allylic oxidation sites excluding steroid dienone is 1. The van der Waals surface area contributed by atoms with Gasteiger partial charge in [0, 0.05) is 6.20 Å². The Morgan fingerprint density at radius 2 is 1.67 bits per heavy atom. The van der Waals surface area contributed by atoms with Crippen molar-refractivity contribution >= 4 is 15.9 Å². The molecule has 1 aromatic heterocycles. The predicted molar refractivity (Wildman–Crippen MR) is 90.1 cm³/mol. The predicted octanol–water partition coefficient (Wildman–Crippen LogP) is 5.09. The van der Waals surface area contributed by atoms with Crippen LogP contribution in [0, 0.1) is 0 Å². The fraction of sp³-hybridized carbons (Fsp3) is 0.0556. The average molecular weight is 339 g/mol. The number of hydrogen-bond donors (Lipinski definition) is 0. The van der Waals surface area contributed by atoms with E-state index in [4.69, 9.17) is 0 Å². The first kappa shape index (κ1) is 13.8. The molecule has 0 bridgehead atoms. The van der Waals surface area contributed by atoms with Crippen molar-refractivity contribution in [2.45, 2.75) is 6.04 Å². The number of benzene rings is 2. The molecule has 0 amide bonds. The maximum absolute atomic E-state index is 4.34. The maximum atomic E-state index is 4.34. The number of halogens is 1. The molecule has 0 radical (unpaired) electrons. The highest BCUT2D eigenvalue weighted by Crippen LogP contribution is 2.25. The Hall–Kier alpha value is -2.13. The third kappa shape index (κ3) is 2.98. The fourth-order valence-electron chi connectivity index (χ4n) is 2.37. The van der Waals surface area contributed by atoms with Crippen LogP contribution in [-0.2, 0) is 0 Å². The fourth-order valence-corrected chi connectivity index (χ4v) is 2.67. The molecule has 1 heterocycles. The first-order valence-corrected chi connectivity index (χ1v) is 7.55. The Labute approximate surface area is 132 Å². The summed E-state index contributed by atoms with van der Waals surface area (Å²) < 4.78 is 2.87. The molecule has 0 saturated heterocycles. The minimum absolute atomic E-state index is 0.0427. The zero-order valence-electron chi connectivity index (χ0n) is 11.5. The van der Waals surface area contributed by atoms with E-state index in [9.17, 15) is 0 Å². The van der Waals surface area contributed by atoms with E-state index < -0.39 is 0 Å². The van der Waals surface area contributed by atoms with E-state index in [1.807, 2.05) is 23.0 Å². The van der Waals surface area contributed by atoms with Crippen LogP contribution in [0.15, 0.2) is 84.1 Å². The van der Waals surface area contributed by atoms with E-state index in [2.05, 4.69) is 76.1 Å². The average Bonchev–Trinajstić information content (AvgIpc) is 2.96. The second kappa shape index (κ2) is 6.10. The first-order valence-electron chi connectivity index (χ1n) is 6.75. The molecule has 0 aliphatic carbocycles. The van der Waals surface area contributed by atoms with Gasteiger partial charge < -0.3 is 0 Å².